The summed E-state index contributed by atoms with van der Waals surface area (Å²) in [5, 5.41) is 0. The summed E-state index contributed by atoms with van der Waals surface area (Å²) in [7, 11) is 1.51. The second kappa shape index (κ2) is 11.7. The highest BCUT2D eigenvalue weighted by Crippen LogP contribution is 2.31. The second-order valence-electron chi connectivity index (χ2n) is 9.01. The normalized spacial score (nSPS) is 11.9. The Morgan fingerprint density at radius 2 is 1.44 bits per heavy atom. The summed E-state index contributed by atoms with van der Waals surface area (Å²) in [5.74, 6) is 4.12. The Bertz CT molecular complexity index is 1100. The van der Waals surface area contributed by atoms with Crippen molar-refractivity contribution in [3.63, 3.8) is 0 Å². The largest absolute Gasteiger partial charge is 0.497 e. The van der Waals surface area contributed by atoms with Crippen molar-refractivity contribution in [2.24, 2.45) is 0 Å². The zero-order valence-corrected chi connectivity index (χ0v) is 21.5. The maximum Gasteiger partial charge on any atom is 0.196 e. The van der Waals surface area contributed by atoms with Gasteiger partial charge in [0.2, 0.25) is 0 Å². The smallest absolute Gasteiger partial charge is 0.196 e. The van der Waals surface area contributed by atoms with Gasteiger partial charge in [0.25, 0.3) is 0 Å². The minimum Gasteiger partial charge on any atom is -0.497 e. The van der Waals surface area contributed by atoms with Crippen LogP contribution in [0.5, 0.6) is 11.5 Å². The summed E-state index contributed by atoms with van der Waals surface area (Å²) < 4.78 is 17.4. The van der Waals surface area contributed by atoms with Crippen LogP contribution in [0.25, 0.3) is 0 Å². The number of carbonyl (C=O) groups excluding carboxylic acids is 1. The molecule has 0 bridgehead atoms. The highest BCUT2D eigenvalue weighted by molar-refractivity contribution is 6.83. The third kappa shape index (κ3) is 6.83. The van der Waals surface area contributed by atoms with Crippen LogP contribution in [0.3, 0.4) is 0 Å². The van der Waals surface area contributed by atoms with E-state index in [1.807, 2.05) is 60.7 Å². The molecule has 0 aliphatic carbocycles. The van der Waals surface area contributed by atoms with Gasteiger partial charge in [-0.05, 0) is 29.3 Å². The Hall–Kier alpha value is -3.33. The summed E-state index contributed by atoms with van der Waals surface area (Å²) in [6.45, 7) is 6.54. The summed E-state index contributed by atoms with van der Waals surface area (Å²) >= 11 is 0. The molecule has 0 unspecified atom stereocenters. The molecule has 1 atom stereocenters. The minimum absolute atomic E-state index is 0.183. The van der Waals surface area contributed by atoms with E-state index in [4.69, 9.17) is 14.2 Å². The third-order valence-corrected chi connectivity index (χ3v) is 6.15. The van der Waals surface area contributed by atoms with E-state index in [0.717, 1.165) is 11.1 Å². The van der Waals surface area contributed by atoms with Crippen molar-refractivity contribution in [3.8, 4) is 23.0 Å². The molecule has 176 valence electrons. The average molecular weight is 473 g/mol. The van der Waals surface area contributed by atoms with Gasteiger partial charge in [0, 0.05) is 6.42 Å². The van der Waals surface area contributed by atoms with Gasteiger partial charge in [-0.25, -0.2) is 0 Å². The van der Waals surface area contributed by atoms with E-state index in [-0.39, 0.29) is 5.78 Å². The molecule has 0 radical (unpaired) electrons. The van der Waals surface area contributed by atoms with Gasteiger partial charge in [0.1, 0.15) is 31.8 Å². The Morgan fingerprint density at radius 3 is 1.94 bits per heavy atom. The molecule has 0 saturated carbocycles. The van der Waals surface area contributed by atoms with Gasteiger partial charge >= 0.3 is 0 Å². The highest BCUT2D eigenvalue weighted by Gasteiger charge is 2.28. The molecule has 3 aromatic rings. The van der Waals surface area contributed by atoms with Crippen molar-refractivity contribution in [2.45, 2.75) is 38.3 Å². The van der Waals surface area contributed by atoms with Crippen LogP contribution in [-0.2, 0) is 4.74 Å². The summed E-state index contributed by atoms with van der Waals surface area (Å²) in [4.78, 5) is 13.8. The van der Waals surface area contributed by atoms with Crippen LogP contribution >= 0.6 is 0 Å². The Balaban J connectivity index is 2.04. The Labute approximate surface area is 203 Å². The quantitative estimate of drug-likeness (QED) is 0.207. The molecule has 3 rings (SSSR count). The van der Waals surface area contributed by atoms with Crippen LogP contribution < -0.4 is 9.47 Å². The van der Waals surface area contributed by atoms with Crippen molar-refractivity contribution in [1.29, 1.82) is 0 Å². The highest BCUT2D eigenvalue weighted by atomic mass is 28.3. The molecule has 0 saturated heterocycles. The molecule has 5 heteroatoms. The van der Waals surface area contributed by atoms with Crippen LogP contribution in [0, 0.1) is 11.5 Å². The molecule has 3 aromatic carbocycles. The van der Waals surface area contributed by atoms with Gasteiger partial charge in [-0.3, -0.25) is 4.79 Å². The molecular formula is C29H32O4Si. The average Bonchev–Trinajstić information content (AvgIpc) is 2.85. The van der Waals surface area contributed by atoms with Crippen molar-refractivity contribution in [3.05, 3.63) is 95.6 Å². The van der Waals surface area contributed by atoms with Gasteiger partial charge in [0.15, 0.2) is 5.78 Å². The maximum absolute atomic E-state index is 13.8. The van der Waals surface area contributed by atoms with E-state index in [1.165, 1.54) is 0 Å². The van der Waals surface area contributed by atoms with Gasteiger partial charge in [-0.15, -0.1) is 11.5 Å². The van der Waals surface area contributed by atoms with Crippen LogP contribution in [-0.4, -0.2) is 34.2 Å². The number of hydrogen-bond acceptors (Lipinski definition) is 4. The van der Waals surface area contributed by atoms with Gasteiger partial charge in [-0.1, -0.05) is 80.3 Å². The van der Waals surface area contributed by atoms with E-state index in [2.05, 4.69) is 31.1 Å². The monoisotopic (exact) mass is 472 g/mol. The molecule has 0 heterocycles. The zero-order valence-electron chi connectivity index (χ0n) is 20.5. The first kappa shape index (κ1) is 25.3. The number of hydrogen-bond donors (Lipinski definition) is 0. The molecule has 34 heavy (non-hydrogen) atoms. The van der Waals surface area contributed by atoms with Crippen molar-refractivity contribution < 1.29 is 19.0 Å². The fraction of sp³-hybridized carbons (Fsp3) is 0.276. The zero-order chi connectivity index (χ0) is 24.6. The lowest BCUT2D eigenvalue weighted by Crippen LogP contribution is -2.27. The predicted octanol–water partition coefficient (Wildman–Crippen LogP) is 6.33. The predicted molar refractivity (Wildman–Crippen MR) is 139 cm³/mol. The molecule has 0 aliphatic rings. The Kier molecular flexibility index (Phi) is 8.70. The molecular weight excluding hydrogens is 440 g/mol. The van der Waals surface area contributed by atoms with E-state index in [9.17, 15) is 4.79 Å². The molecule has 0 amide bonds. The molecule has 0 spiro atoms. The number of methoxy groups -OCH3 is 2. The standard InChI is InChI=1S/C29H32O4Si/c1-31-24-18-19-26(32-2)25(21-24)28(30)27(17-12-20-34(3,4)5)33-29(22-13-8-6-9-14-22)23-15-10-7-11-16-23/h6-11,13-16,18-19,21,27,29H,17H2,1-5H3/t27-/m0/s1. The fourth-order valence-electron chi connectivity index (χ4n) is 3.56. The maximum atomic E-state index is 13.8. The third-order valence-electron chi connectivity index (χ3n) is 5.22. The summed E-state index contributed by atoms with van der Waals surface area (Å²) in [5.41, 5.74) is 5.73. The minimum atomic E-state index is -1.61. The number of benzene rings is 3. The van der Waals surface area contributed by atoms with E-state index in [0.29, 0.717) is 23.5 Å². The van der Waals surface area contributed by atoms with Crippen molar-refractivity contribution in [1.82, 2.24) is 0 Å². The fourth-order valence-corrected chi connectivity index (χ4v) is 4.19. The molecule has 0 fully saturated rings. The van der Waals surface area contributed by atoms with Crippen molar-refractivity contribution in [2.75, 3.05) is 14.2 Å². The number of ether oxygens (including phenoxy) is 3. The van der Waals surface area contributed by atoms with Gasteiger partial charge < -0.3 is 14.2 Å². The summed E-state index contributed by atoms with van der Waals surface area (Å²) in [6, 6.07) is 25.1. The van der Waals surface area contributed by atoms with Gasteiger partial charge in [-0.2, -0.15) is 0 Å². The van der Waals surface area contributed by atoms with E-state index in [1.54, 1.807) is 32.4 Å². The first-order valence-corrected chi connectivity index (χ1v) is 14.8. The van der Waals surface area contributed by atoms with Crippen LogP contribution in [0.15, 0.2) is 78.9 Å². The first-order chi connectivity index (χ1) is 16.3. The lowest BCUT2D eigenvalue weighted by Gasteiger charge is -2.25. The molecule has 0 N–H and O–H groups in total. The Morgan fingerprint density at radius 1 is 0.853 bits per heavy atom. The molecule has 0 aliphatic heterocycles. The second-order valence-corrected chi connectivity index (χ2v) is 13.8. The number of Topliss-reactive ketones (excluding diaryl/α,β-unsaturated/α-hetero) is 1. The van der Waals surface area contributed by atoms with E-state index < -0.39 is 20.3 Å². The molecule has 4 nitrogen and oxygen atoms in total. The summed E-state index contributed by atoms with van der Waals surface area (Å²) in [6.07, 6.45) is -0.906. The van der Waals surface area contributed by atoms with E-state index >= 15 is 0 Å². The SMILES string of the molecule is COc1ccc(OC)c(C(=O)[C@H](CC#C[Si](C)(C)C)OC(c2ccccc2)c2ccccc2)c1. The van der Waals surface area contributed by atoms with Crippen molar-refractivity contribution >= 4 is 13.9 Å². The van der Waals surface area contributed by atoms with Crippen LogP contribution in [0.4, 0.5) is 0 Å². The topological polar surface area (TPSA) is 44.8 Å². The number of ketones is 1. The lowest BCUT2D eigenvalue weighted by atomic mass is 9.99. The first-order valence-electron chi connectivity index (χ1n) is 11.3. The number of carbonyl (C=O) groups is 1. The van der Waals surface area contributed by atoms with Crippen LogP contribution in [0.1, 0.15) is 34.0 Å². The molecule has 0 aromatic heterocycles. The van der Waals surface area contributed by atoms with Gasteiger partial charge in [0.05, 0.1) is 19.8 Å². The number of rotatable bonds is 9. The lowest BCUT2D eigenvalue weighted by molar-refractivity contribution is 0.0147. The van der Waals surface area contributed by atoms with Crippen LogP contribution in [0.2, 0.25) is 19.6 Å².